The molecule has 1 aromatic heterocycles. The van der Waals surface area contributed by atoms with Gasteiger partial charge in [0.15, 0.2) is 0 Å². The molecule has 1 aliphatic rings. The van der Waals surface area contributed by atoms with E-state index in [1.807, 2.05) is 18.7 Å². The van der Waals surface area contributed by atoms with Crippen LogP contribution in [0.3, 0.4) is 0 Å². The first-order chi connectivity index (χ1) is 7.02. The summed E-state index contributed by atoms with van der Waals surface area (Å²) in [5.74, 6) is -0.878. The highest BCUT2D eigenvalue weighted by Gasteiger charge is 2.34. The van der Waals surface area contributed by atoms with Crippen LogP contribution in [0.15, 0.2) is 0 Å². The predicted molar refractivity (Wildman–Crippen MR) is 55.8 cm³/mol. The third kappa shape index (κ3) is 1.44. The molecular weight excluding hydrogens is 192 g/mol. The van der Waals surface area contributed by atoms with Crippen LogP contribution in [-0.2, 0) is 18.3 Å². The number of aromatic nitrogens is 2. The highest BCUT2D eigenvalue weighted by atomic mass is 16.4. The van der Waals surface area contributed by atoms with Crippen molar-refractivity contribution in [2.24, 2.45) is 13.0 Å². The zero-order chi connectivity index (χ0) is 11.2. The van der Waals surface area contributed by atoms with Gasteiger partial charge in [-0.1, -0.05) is 6.92 Å². The molecule has 1 aromatic rings. The summed E-state index contributed by atoms with van der Waals surface area (Å²) < 4.78 is 1.85. The van der Waals surface area contributed by atoms with Crippen molar-refractivity contribution in [2.45, 2.75) is 32.6 Å². The van der Waals surface area contributed by atoms with Gasteiger partial charge in [-0.05, 0) is 19.8 Å². The topological polar surface area (TPSA) is 55.1 Å². The molecular formula is C11H16N2O2. The van der Waals surface area contributed by atoms with E-state index in [1.165, 1.54) is 5.56 Å². The number of aryl methyl sites for hydroxylation is 2. The Morgan fingerprint density at radius 3 is 2.93 bits per heavy atom. The molecule has 2 rings (SSSR count). The van der Waals surface area contributed by atoms with Crippen LogP contribution in [0.2, 0.25) is 0 Å². The van der Waals surface area contributed by atoms with Gasteiger partial charge >= 0.3 is 5.97 Å². The first-order valence-electron chi connectivity index (χ1n) is 5.27. The molecule has 2 atom stereocenters. The summed E-state index contributed by atoms with van der Waals surface area (Å²) in [4.78, 5) is 11.0. The molecule has 4 nitrogen and oxygen atoms in total. The van der Waals surface area contributed by atoms with Crippen molar-refractivity contribution in [3.8, 4) is 0 Å². The Morgan fingerprint density at radius 1 is 1.67 bits per heavy atom. The minimum absolute atomic E-state index is 0.145. The van der Waals surface area contributed by atoms with E-state index in [0.29, 0.717) is 0 Å². The Labute approximate surface area is 88.9 Å². The summed E-state index contributed by atoms with van der Waals surface area (Å²) in [6, 6.07) is 0. The number of hydrogen-bond acceptors (Lipinski definition) is 2. The highest BCUT2D eigenvalue weighted by molar-refractivity contribution is 5.71. The molecule has 1 N–H and O–H groups in total. The summed E-state index contributed by atoms with van der Waals surface area (Å²) in [7, 11) is 1.91. The maximum absolute atomic E-state index is 11.0. The van der Waals surface area contributed by atoms with E-state index < -0.39 is 5.97 Å². The van der Waals surface area contributed by atoms with Crippen molar-refractivity contribution >= 4 is 5.97 Å². The third-order valence-corrected chi connectivity index (χ3v) is 3.51. The van der Waals surface area contributed by atoms with E-state index in [-0.39, 0.29) is 11.8 Å². The van der Waals surface area contributed by atoms with Crippen molar-refractivity contribution in [3.63, 3.8) is 0 Å². The second-order valence-corrected chi connectivity index (χ2v) is 4.34. The monoisotopic (exact) mass is 208 g/mol. The normalized spacial score (nSPS) is 21.4. The van der Waals surface area contributed by atoms with E-state index in [0.717, 1.165) is 24.2 Å². The van der Waals surface area contributed by atoms with Crippen LogP contribution in [0.25, 0.3) is 0 Å². The lowest BCUT2D eigenvalue weighted by Gasteiger charge is -2.16. The lowest BCUT2D eigenvalue weighted by atomic mass is 9.88. The number of carboxylic acids is 1. The molecule has 0 amide bonds. The second-order valence-electron chi connectivity index (χ2n) is 4.34. The molecule has 0 fully saturated rings. The SMILES string of the molecule is Cc1c2c(nn1C)CCC2C(C)C(=O)O. The highest BCUT2D eigenvalue weighted by Crippen LogP contribution is 2.39. The molecule has 1 heterocycles. The van der Waals surface area contributed by atoms with Crippen LogP contribution in [-0.4, -0.2) is 20.9 Å². The number of carboxylic acid groups (broad SMARTS) is 1. The number of rotatable bonds is 2. The number of carbonyl (C=O) groups is 1. The Morgan fingerprint density at radius 2 is 2.33 bits per heavy atom. The Hall–Kier alpha value is -1.32. The molecule has 82 valence electrons. The zero-order valence-corrected chi connectivity index (χ0v) is 9.32. The first kappa shape index (κ1) is 10.2. The summed E-state index contributed by atoms with van der Waals surface area (Å²) in [6.07, 6.45) is 1.84. The molecule has 4 heteroatoms. The van der Waals surface area contributed by atoms with E-state index in [9.17, 15) is 4.79 Å². The van der Waals surface area contributed by atoms with Crippen molar-refractivity contribution in [1.29, 1.82) is 0 Å². The molecule has 1 aliphatic carbocycles. The molecule has 0 radical (unpaired) electrons. The largest absolute Gasteiger partial charge is 0.481 e. The van der Waals surface area contributed by atoms with Gasteiger partial charge in [-0.25, -0.2) is 0 Å². The average molecular weight is 208 g/mol. The molecule has 15 heavy (non-hydrogen) atoms. The van der Waals surface area contributed by atoms with E-state index in [4.69, 9.17) is 5.11 Å². The quantitative estimate of drug-likeness (QED) is 0.800. The van der Waals surface area contributed by atoms with Crippen molar-refractivity contribution in [3.05, 3.63) is 17.0 Å². The van der Waals surface area contributed by atoms with Crippen LogP contribution in [0.5, 0.6) is 0 Å². The van der Waals surface area contributed by atoms with Gasteiger partial charge in [0.05, 0.1) is 11.6 Å². The zero-order valence-electron chi connectivity index (χ0n) is 9.32. The van der Waals surface area contributed by atoms with Gasteiger partial charge in [0, 0.05) is 24.2 Å². The first-order valence-corrected chi connectivity index (χ1v) is 5.27. The van der Waals surface area contributed by atoms with E-state index in [1.54, 1.807) is 6.92 Å². The number of fused-ring (bicyclic) bond motifs is 1. The molecule has 0 saturated carbocycles. The van der Waals surface area contributed by atoms with Gasteiger partial charge in [0.1, 0.15) is 0 Å². The number of hydrogen-bond donors (Lipinski definition) is 1. The Balaban J connectivity index is 2.39. The molecule has 0 aromatic carbocycles. The number of nitrogens with zero attached hydrogens (tertiary/aromatic N) is 2. The summed E-state index contributed by atoms with van der Waals surface area (Å²) >= 11 is 0. The van der Waals surface area contributed by atoms with Crippen molar-refractivity contribution in [1.82, 2.24) is 9.78 Å². The molecule has 0 aliphatic heterocycles. The maximum atomic E-state index is 11.0. The smallest absolute Gasteiger partial charge is 0.306 e. The summed E-state index contributed by atoms with van der Waals surface area (Å²) in [5, 5.41) is 13.4. The van der Waals surface area contributed by atoms with Gasteiger partial charge < -0.3 is 5.11 Å². The second kappa shape index (κ2) is 3.36. The Kier molecular flexibility index (Phi) is 2.29. The number of aliphatic carboxylic acids is 1. The van der Waals surface area contributed by atoms with Gasteiger partial charge in [-0.2, -0.15) is 5.10 Å². The molecule has 0 saturated heterocycles. The van der Waals surface area contributed by atoms with Crippen LogP contribution in [0, 0.1) is 12.8 Å². The fourth-order valence-electron chi connectivity index (χ4n) is 2.47. The van der Waals surface area contributed by atoms with E-state index >= 15 is 0 Å². The average Bonchev–Trinajstić information content (AvgIpc) is 2.68. The van der Waals surface area contributed by atoms with Gasteiger partial charge in [0.2, 0.25) is 0 Å². The molecule has 0 spiro atoms. The molecule has 2 unspecified atom stereocenters. The van der Waals surface area contributed by atoms with Gasteiger partial charge in [0.25, 0.3) is 0 Å². The summed E-state index contributed by atoms with van der Waals surface area (Å²) in [5.41, 5.74) is 3.38. The standard InChI is InChI=1S/C11H16N2O2/c1-6(11(14)15)8-4-5-9-10(8)7(2)13(3)12-9/h6,8H,4-5H2,1-3H3,(H,14,15). The molecule has 0 bridgehead atoms. The maximum Gasteiger partial charge on any atom is 0.306 e. The lowest BCUT2D eigenvalue weighted by Crippen LogP contribution is -2.17. The summed E-state index contributed by atoms with van der Waals surface area (Å²) in [6.45, 7) is 3.80. The van der Waals surface area contributed by atoms with E-state index in [2.05, 4.69) is 5.10 Å². The van der Waals surface area contributed by atoms with Crippen LogP contribution >= 0.6 is 0 Å². The third-order valence-electron chi connectivity index (χ3n) is 3.51. The minimum atomic E-state index is -0.712. The van der Waals surface area contributed by atoms with Crippen molar-refractivity contribution in [2.75, 3.05) is 0 Å². The lowest BCUT2D eigenvalue weighted by molar-refractivity contribution is -0.141. The Bertz CT molecular complexity index is 409. The fraction of sp³-hybridized carbons (Fsp3) is 0.636. The minimum Gasteiger partial charge on any atom is -0.481 e. The van der Waals surface area contributed by atoms with Gasteiger partial charge in [-0.3, -0.25) is 9.48 Å². The van der Waals surface area contributed by atoms with Crippen LogP contribution < -0.4 is 0 Å². The van der Waals surface area contributed by atoms with Gasteiger partial charge in [-0.15, -0.1) is 0 Å². The fourth-order valence-corrected chi connectivity index (χ4v) is 2.47. The van der Waals surface area contributed by atoms with Crippen LogP contribution in [0.1, 0.15) is 36.2 Å². The van der Waals surface area contributed by atoms with Crippen LogP contribution in [0.4, 0.5) is 0 Å². The predicted octanol–water partition coefficient (Wildman–Crippen LogP) is 1.48. The van der Waals surface area contributed by atoms with Crippen molar-refractivity contribution < 1.29 is 9.90 Å².